The number of likely N-dealkylation sites (tertiary alicyclic amines) is 1. The van der Waals surface area contributed by atoms with Crippen LogP contribution in [-0.4, -0.2) is 38.6 Å². The fourth-order valence-electron chi connectivity index (χ4n) is 3.29. The van der Waals surface area contributed by atoms with E-state index in [1.165, 1.54) is 18.3 Å². The van der Waals surface area contributed by atoms with Gasteiger partial charge in [0.25, 0.3) is 5.91 Å². The smallest absolute Gasteiger partial charge is 0.257 e. The Labute approximate surface area is 149 Å². The molecule has 1 saturated heterocycles. The first kappa shape index (κ1) is 16.4. The van der Waals surface area contributed by atoms with Gasteiger partial charge in [-0.1, -0.05) is 0 Å². The molecule has 4 rings (SSSR count). The van der Waals surface area contributed by atoms with E-state index in [2.05, 4.69) is 4.98 Å². The minimum atomic E-state index is -0.721. The van der Waals surface area contributed by atoms with Gasteiger partial charge in [-0.2, -0.15) is 0 Å². The van der Waals surface area contributed by atoms with Gasteiger partial charge in [-0.15, -0.1) is 0 Å². The molecule has 1 aromatic carbocycles. The predicted octanol–water partition coefficient (Wildman–Crippen LogP) is 3.45. The molecular formula is C19H18FN3O3. The summed E-state index contributed by atoms with van der Waals surface area (Å²) in [6, 6.07) is 5.55. The molecule has 134 valence electrons. The number of benzene rings is 1. The van der Waals surface area contributed by atoms with E-state index in [-0.39, 0.29) is 11.7 Å². The number of halogens is 1. The fourth-order valence-corrected chi connectivity index (χ4v) is 3.29. The third kappa shape index (κ3) is 2.75. The number of aromatic hydroxyl groups is 1. The Morgan fingerprint density at radius 1 is 1.27 bits per heavy atom. The molecule has 0 radical (unpaired) electrons. The average molecular weight is 355 g/mol. The quantitative estimate of drug-likeness (QED) is 0.781. The van der Waals surface area contributed by atoms with E-state index in [4.69, 9.17) is 4.74 Å². The zero-order valence-corrected chi connectivity index (χ0v) is 14.3. The van der Waals surface area contributed by atoms with Gasteiger partial charge in [0.05, 0.1) is 16.5 Å². The molecular weight excluding hydrogens is 337 g/mol. The summed E-state index contributed by atoms with van der Waals surface area (Å²) in [6.07, 6.45) is 5.39. The summed E-state index contributed by atoms with van der Waals surface area (Å²) in [6.45, 7) is 1.52. The van der Waals surface area contributed by atoms with Crippen molar-refractivity contribution in [1.82, 2.24) is 14.5 Å². The normalized spacial score (nSPS) is 14.2. The highest BCUT2D eigenvalue weighted by molar-refractivity contribution is 6.06. The monoisotopic (exact) mass is 355 g/mol. The van der Waals surface area contributed by atoms with Crippen LogP contribution in [-0.2, 0) is 7.05 Å². The van der Waals surface area contributed by atoms with Crippen LogP contribution in [0.3, 0.4) is 0 Å². The number of hydrogen-bond donors (Lipinski definition) is 1. The molecule has 2 aromatic heterocycles. The molecule has 1 amide bonds. The zero-order chi connectivity index (χ0) is 18.3. The number of carbonyl (C=O) groups is 1. The van der Waals surface area contributed by atoms with Crippen molar-refractivity contribution in [2.75, 3.05) is 13.1 Å². The largest absolute Gasteiger partial charge is 0.505 e. The van der Waals surface area contributed by atoms with E-state index < -0.39 is 11.6 Å². The second kappa shape index (κ2) is 6.33. The van der Waals surface area contributed by atoms with E-state index in [0.717, 1.165) is 37.5 Å². The number of carbonyl (C=O) groups excluding carboxylic acids is 1. The van der Waals surface area contributed by atoms with Crippen molar-refractivity contribution in [3.05, 3.63) is 48.0 Å². The molecule has 0 spiro atoms. The predicted molar refractivity (Wildman–Crippen MR) is 94.0 cm³/mol. The van der Waals surface area contributed by atoms with E-state index in [9.17, 15) is 14.3 Å². The third-order valence-electron chi connectivity index (χ3n) is 4.62. The van der Waals surface area contributed by atoms with Crippen LogP contribution >= 0.6 is 0 Å². The lowest BCUT2D eigenvalue weighted by Gasteiger charge is -2.17. The molecule has 3 aromatic rings. The number of amides is 1. The highest BCUT2D eigenvalue weighted by Crippen LogP contribution is 2.33. The van der Waals surface area contributed by atoms with Crippen molar-refractivity contribution in [3.63, 3.8) is 0 Å². The first-order chi connectivity index (χ1) is 12.5. The van der Waals surface area contributed by atoms with Gasteiger partial charge in [-0.25, -0.2) is 9.37 Å². The topological polar surface area (TPSA) is 67.6 Å². The molecule has 1 aliphatic rings. The average Bonchev–Trinajstić information content (AvgIpc) is 3.29. The van der Waals surface area contributed by atoms with Gasteiger partial charge in [0.2, 0.25) is 5.88 Å². The van der Waals surface area contributed by atoms with Crippen molar-refractivity contribution in [1.29, 1.82) is 0 Å². The number of ether oxygens (including phenoxy) is 1. The Hall–Kier alpha value is -3.09. The lowest BCUT2D eigenvalue weighted by atomic mass is 10.2. The molecule has 6 nitrogen and oxygen atoms in total. The molecule has 7 heteroatoms. The van der Waals surface area contributed by atoms with Crippen molar-refractivity contribution >= 4 is 16.8 Å². The summed E-state index contributed by atoms with van der Waals surface area (Å²) >= 11 is 0. The Balaban J connectivity index is 1.74. The van der Waals surface area contributed by atoms with Crippen LogP contribution in [0, 0.1) is 5.82 Å². The van der Waals surface area contributed by atoms with E-state index in [1.54, 1.807) is 0 Å². The first-order valence-electron chi connectivity index (χ1n) is 8.44. The molecule has 1 aliphatic heterocycles. The molecule has 0 atom stereocenters. The number of rotatable bonds is 3. The van der Waals surface area contributed by atoms with Crippen molar-refractivity contribution in [2.24, 2.45) is 7.05 Å². The van der Waals surface area contributed by atoms with Gasteiger partial charge < -0.3 is 19.3 Å². The maximum atomic E-state index is 13.2. The number of nitrogens with zero attached hydrogens (tertiary/aromatic N) is 3. The number of hydrogen-bond acceptors (Lipinski definition) is 4. The summed E-state index contributed by atoms with van der Waals surface area (Å²) in [5, 5.41) is 10.2. The van der Waals surface area contributed by atoms with Crippen LogP contribution in [0.5, 0.6) is 17.4 Å². The highest BCUT2D eigenvalue weighted by atomic mass is 19.1. The summed E-state index contributed by atoms with van der Waals surface area (Å²) in [7, 11) is 1.86. The second-order valence-corrected chi connectivity index (χ2v) is 6.38. The Morgan fingerprint density at radius 2 is 2.04 bits per heavy atom. The van der Waals surface area contributed by atoms with Crippen LogP contribution in [0.25, 0.3) is 10.9 Å². The lowest BCUT2D eigenvalue weighted by molar-refractivity contribution is 0.0794. The van der Waals surface area contributed by atoms with E-state index >= 15 is 0 Å². The van der Waals surface area contributed by atoms with Crippen molar-refractivity contribution in [3.8, 4) is 17.4 Å². The van der Waals surface area contributed by atoms with Gasteiger partial charge in [-0.3, -0.25) is 4.79 Å². The molecule has 0 saturated carbocycles. The zero-order valence-electron chi connectivity index (χ0n) is 14.3. The van der Waals surface area contributed by atoms with E-state index in [0.29, 0.717) is 16.8 Å². The minimum Gasteiger partial charge on any atom is -0.505 e. The Morgan fingerprint density at radius 3 is 2.77 bits per heavy atom. The maximum Gasteiger partial charge on any atom is 0.257 e. The number of fused-ring (bicyclic) bond motifs is 1. The summed E-state index contributed by atoms with van der Waals surface area (Å²) in [5.41, 5.74) is 1.27. The van der Waals surface area contributed by atoms with Gasteiger partial charge in [0.1, 0.15) is 5.75 Å². The van der Waals surface area contributed by atoms with Gasteiger partial charge in [0.15, 0.2) is 11.6 Å². The summed E-state index contributed by atoms with van der Waals surface area (Å²) in [4.78, 5) is 19.0. The first-order valence-corrected chi connectivity index (χ1v) is 8.44. The molecule has 1 N–H and O–H groups in total. The number of phenols is 1. The van der Waals surface area contributed by atoms with Crippen LogP contribution < -0.4 is 4.74 Å². The standard InChI is InChI=1S/C19H18FN3O3/c1-22-9-6-13-17(22)14(19(25)23-7-2-3-8-23)11-21-18(13)26-12-4-5-15(20)16(24)10-12/h4-6,9-11,24H,2-3,7-8H2,1H3. The number of aromatic nitrogens is 2. The Bertz CT molecular complexity index is 993. The van der Waals surface area contributed by atoms with Crippen LogP contribution in [0.4, 0.5) is 4.39 Å². The van der Waals surface area contributed by atoms with Gasteiger partial charge >= 0.3 is 0 Å². The number of phenolic OH excluding ortho intramolecular Hbond substituents is 1. The minimum absolute atomic E-state index is 0.0345. The molecule has 0 unspecified atom stereocenters. The molecule has 0 bridgehead atoms. The number of pyridine rings is 1. The van der Waals surface area contributed by atoms with Gasteiger partial charge in [-0.05, 0) is 31.0 Å². The fraction of sp³-hybridized carbons (Fsp3) is 0.263. The molecule has 0 aliphatic carbocycles. The molecule has 1 fully saturated rings. The SMILES string of the molecule is Cn1ccc2c(Oc3ccc(F)c(O)c3)ncc(C(=O)N3CCCC3)c21. The van der Waals surface area contributed by atoms with Crippen molar-refractivity contribution < 1.29 is 19.0 Å². The van der Waals surface area contributed by atoms with Crippen LogP contribution in [0.2, 0.25) is 0 Å². The molecule has 26 heavy (non-hydrogen) atoms. The second-order valence-electron chi connectivity index (χ2n) is 6.38. The van der Waals surface area contributed by atoms with Crippen LogP contribution in [0.1, 0.15) is 23.2 Å². The summed E-state index contributed by atoms with van der Waals surface area (Å²) in [5.74, 6) is -0.688. The van der Waals surface area contributed by atoms with E-state index in [1.807, 2.05) is 28.8 Å². The van der Waals surface area contributed by atoms with Gasteiger partial charge in [0, 0.05) is 38.6 Å². The third-order valence-corrected chi connectivity index (χ3v) is 4.62. The summed E-state index contributed by atoms with van der Waals surface area (Å²) < 4.78 is 20.8. The van der Waals surface area contributed by atoms with Crippen molar-refractivity contribution in [2.45, 2.75) is 12.8 Å². The lowest BCUT2D eigenvalue weighted by Crippen LogP contribution is -2.28. The highest BCUT2D eigenvalue weighted by Gasteiger charge is 2.24. The Kier molecular flexibility index (Phi) is 3.99. The number of aryl methyl sites for hydroxylation is 1. The maximum absolute atomic E-state index is 13.2. The van der Waals surface area contributed by atoms with Crippen LogP contribution in [0.15, 0.2) is 36.7 Å². The molecule has 3 heterocycles.